The van der Waals surface area contributed by atoms with Crippen LogP contribution in [0.15, 0.2) is 81.1 Å². The van der Waals surface area contributed by atoms with Crippen molar-refractivity contribution in [2.45, 2.75) is 24.8 Å². The number of ether oxygens (including phenoxy) is 2. The molecule has 0 aliphatic heterocycles. The molecule has 2 aromatic heterocycles. The van der Waals surface area contributed by atoms with E-state index < -0.39 is 0 Å². The number of hydrogen-bond donors (Lipinski definition) is 0. The normalized spacial score (nSPS) is 11.1. The predicted molar refractivity (Wildman–Crippen MR) is 141 cm³/mol. The number of oxazole rings is 1. The summed E-state index contributed by atoms with van der Waals surface area (Å²) in [5, 5.41) is 1.04. The summed E-state index contributed by atoms with van der Waals surface area (Å²) in [6.45, 7) is 3.93. The number of rotatable bonds is 7. The zero-order valence-electron chi connectivity index (χ0n) is 20.4. The van der Waals surface area contributed by atoms with E-state index in [2.05, 4.69) is 0 Å². The van der Waals surface area contributed by atoms with Gasteiger partial charge in [-0.25, -0.2) is 9.97 Å². The van der Waals surface area contributed by atoms with Gasteiger partial charge in [-0.05, 0) is 49.7 Å². The smallest absolute Gasteiger partial charge is 0.266 e. The van der Waals surface area contributed by atoms with Crippen LogP contribution in [-0.2, 0) is 5.75 Å². The van der Waals surface area contributed by atoms with E-state index in [0.717, 1.165) is 22.6 Å². The van der Waals surface area contributed by atoms with Crippen LogP contribution in [0.5, 0.6) is 11.5 Å². The summed E-state index contributed by atoms with van der Waals surface area (Å²) >= 11 is 1.42. The molecule has 0 aliphatic carbocycles. The van der Waals surface area contributed by atoms with Gasteiger partial charge in [-0.15, -0.1) is 0 Å². The molecule has 0 N–H and O–H groups in total. The number of fused-ring (bicyclic) bond motifs is 1. The predicted octanol–water partition coefficient (Wildman–Crippen LogP) is 5.97. The molecule has 5 aromatic rings. The van der Waals surface area contributed by atoms with E-state index in [1.807, 2.05) is 56.3 Å². The van der Waals surface area contributed by atoms with E-state index in [1.165, 1.54) is 11.8 Å². The summed E-state index contributed by atoms with van der Waals surface area (Å²) in [6.07, 6.45) is 0. The zero-order chi connectivity index (χ0) is 25.2. The fourth-order valence-electron chi connectivity index (χ4n) is 4.02. The van der Waals surface area contributed by atoms with Crippen LogP contribution >= 0.6 is 11.8 Å². The number of benzene rings is 3. The minimum atomic E-state index is -0.188. The molecule has 7 nitrogen and oxygen atoms in total. The van der Waals surface area contributed by atoms with E-state index in [0.29, 0.717) is 44.9 Å². The van der Waals surface area contributed by atoms with E-state index in [9.17, 15) is 4.79 Å². The molecule has 0 spiro atoms. The summed E-state index contributed by atoms with van der Waals surface area (Å²) < 4.78 is 18.6. The van der Waals surface area contributed by atoms with Crippen molar-refractivity contribution in [3.63, 3.8) is 0 Å². The Balaban J connectivity index is 1.60. The van der Waals surface area contributed by atoms with Crippen LogP contribution < -0.4 is 15.0 Å². The number of hydrogen-bond acceptors (Lipinski definition) is 7. The van der Waals surface area contributed by atoms with Crippen LogP contribution in [-0.4, -0.2) is 28.8 Å². The lowest BCUT2D eigenvalue weighted by atomic mass is 10.1. The van der Waals surface area contributed by atoms with Gasteiger partial charge in [-0.2, -0.15) is 0 Å². The molecule has 2 heterocycles. The van der Waals surface area contributed by atoms with Crippen LogP contribution in [0.3, 0.4) is 0 Å². The monoisotopic (exact) mass is 499 g/mol. The van der Waals surface area contributed by atoms with E-state index >= 15 is 0 Å². The van der Waals surface area contributed by atoms with Crippen LogP contribution in [0.1, 0.15) is 17.0 Å². The molecule has 3 aromatic carbocycles. The van der Waals surface area contributed by atoms with E-state index in [1.54, 1.807) is 43.1 Å². The minimum Gasteiger partial charge on any atom is -0.497 e. The maximum absolute atomic E-state index is 13.7. The molecule has 5 rings (SSSR count). The molecule has 0 fully saturated rings. The molecule has 0 saturated carbocycles. The van der Waals surface area contributed by atoms with Crippen molar-refractivity contribution in [2.24, 2.45) is 0 Å². The van der Waals surface area contributed by atoms with Gasteiger partial charge in [-0.3, -0.25) is 9.36 Å². The van der Waals surface area contributed by atoms with E-state index in [4.69, 9.17) is 23.9 Å². The topological polar surface area (TPSA) is 79.4 Å². The highest BCUT2D eigenvalue weighted by molar-refractivity contribution is 7.98. The Morgan fingerprint density at radius 1 is 0.944 bits per heavy atom. The summed E-state index contributed by atoms with van der Waals surface area (Å²) in [4.78, 5) is 23.3. The van der Waals surface area contributed by atoms with Crippen molar-refractivity contribution in [2.75, 3.05) is 14.2 Å². The Morgan fingerprint density at radius 2 is 1.72 bits per heavy atom. The molecule has 8 heteroatoms. The lowest BCUT2D eigenvalue weighted by Gasteiger charge is -2.16. The SMILES string of the molecule is COc1ccc(OC)c(-n2c(SCc3nc(-c4ccccc4C)oc3C)nc3ccccc3c2=O)c1. The number of nitrogens with zero attached hydrogens (tertiary/aromatic N) is 3. The average Bonchev–Trinajstić information content (AvgIpc) is 3.27. The molecule has 0 bridgehead atoms. The number of aromatic nitrogens is 3. The molecular weight excluding hydrogens is 474 g/mol. The van der Waals surface area contributed by atoms with Gasteiger partial charge in [0.1, 0.15) is 17.3 Å². The van der Waals surface area contributed by atoms with Gasteiger partial charge >= 0.3 is 0 Å². The first-order valence-corrected chi connectivity index (χ1v) is 12.4. The van der Waals surface area contributed by atoms with Crippen LogP contribution in [0.2, 0.25) is 0 Å². The minimum absolute atomic E-state index is 0.188. The number of thioether (sulfide) groups is 1. The Labute approximate surface area is 212 Å². The highest BCUT2D eigenvalue weighted by atomic mass is 32.2. The fourth-order valence-corrected chi connectivity index (χ4v) is 5.02. The third kappa shape index (κ3) is 4.35. The summed E-state index contributed by atoms with van der Waals surface area (Å²) in [7, 11) is 3.16. The second kappa shape index (κ2) is 9.91. The summed E-state index contributed by atoms with van der Waals surface area (Å²) in [5.41, 5.74) is 3.84. The molecule has 0 unspecified atom stereocenters. The van der Waals surface area contributed by atoms with Crippen LogP contribution in [0.4, 0.5) is 0 Å². The van der Waals surface area contributed by atoms with E-state index in [-0.39, 0.29) is 5.56 Å². The van der Waals surface area contributed by atoms with Crippen molar-refractivity contribution in [1.29, 1.82) is 0 Å². The van der Waals surface area contributed by atoms with Gasteiger partial charge < -0.3 is 13.9 Å². The van der Waals surface area contributed by atoms with Gasteiger partial charge in [0.05, 0.1) is 36.5 Å². The Bertz CT molecular complexity index is 1620. The lowest BCUT2D eigenvalue weighted by molar-refractivity contribution is 0.400. The maximum Gasteiger partial charge on any atom is 0.266 e. The zero-order valence-corrected chi connectivity index (χ0v) is 21.3. The molecule has 36 heavy (non-hydrogen) atoms. The number of para-hydroxylation sites is 1. The van der Waals surface area contributed by atoms with Gasteiger partial charge in [0.25, 0.3) is 5.56 Å². The fraction of sp³-hybridized carbons (Fsp3) is 0.179. The Morgan fingerprint density at radius 3 is 2.50 bits per heavy atom. The van der Waals surface area contributed by atoms with Crippen LogP contribution in [0.25, 0.3) is 28.0 Å². The maximum atomic E-state index is 13.7. The summed E-state index contributed by atoms with van der Waals surface area (Å²) in [5.74, 6) is 2.93. The van der Waals surface area contributed by atoms with Gasteiger partial charge in [-0.1, -0.05) is 42.1 Å². The molecular formula is C28H25N3O4S. The van der Waals surface area contributed by atoms with Crippen molar-refractivity contribution in [1.82, 2.24) is 14.5 Å². The van der Waals surface area contributed by atoms with Crippen molar-refractivity contribution >= 4 is 22.7 Å². The Kier molecular flexibility index (Phi) is 6.52. The molecule has 0 atom stereocenters. The van der Waals surface area contributed by atoms with Crippen LogP contribution in [0, 0.1) is 13.8 Å². The lowest BCUT2D eigenvalue weighted by Crippen LogP contribution is -2.22. The molecule has 182 valence electrons. The molecule has 0 saturated heterocycles. The first-order chi connectivity index (χ1) is 17.5. The van der Waals surface area contributed by atoms with Crippen molar-refractivity contribution < 1.29 is 13.9 Å². The van der Waals surface area contributed by atoms with Crippen molar-refractivity contribution in [3.8, 4) is 28.6 Å². The molecule has 0 aliphatic rings. The first kappa shape index (κ1) is 23.7. The standard InChI is InChI=1S/C28H25N3O4S/c1-17-9-5-6-10-20(17)26-29-23(18(2)35-26)16-36-28-30-22-12-8-7-11-21(22)27(32)31(28)24-15-19(33-3)13-14-25(24)34-4/h5-15H,16H2,1-4H3. The molecule has 0 amide bonds. The highest BCUT2D eigenvalue weighted by Gasteiger charge is 2.19. The number of methoxy groups -OCH3 is 2. The number of aryl methyl sites for hydroxylation is 2. The second-order valence-electron chi connectivity index (χ2n) is 8.22. The van der Waals surface area contributed by atoms with Gasteiger partial charge in [0, 0.05) is 17.4 Å². The summed E-state index contributed by atoms with van der Waals surface area (Å²) in [6, 6.07) is 20.6. The first-order valence-electron chi connectivity index (χ1n) is 11.4. The quantitative estimate of drug-likeness (QED) is 0.202. The van der Waals surface area contributed by atoms with Gasteiger partial charge in [0.2, 0.25) is 5.89 Å². The van der Waals surface area contributed by atoms with Crippen molar-refractivity contribution in [3.05, 3.63) is 94.1 Å². The third-order valence-corrected chi connectivity index (χ3v) is 6.93. The largest absolute Gasteiger partial charge is 0.497 e. The van der Waals surface area contributed by atoms with Gasteiger partial charge in [0.15, 0.2) is 5.16 Å². The highest BCUT2D eigenvalue weighted by Crippen LogP contribution is 2.33. The second-order valence-corrected chi connectivity index (χ2v) is 9.16. The Hall–Kier alpha value is -4.04. The molecule has 0 radical (unpaired) electrons. The third-order valence-electron chi connectivity index (χ3n) is 5.98. The average molecular weight is 500 g/mol.